The number of nitrogens with one attached hydrogen (secondary N) is 1. The molecule has 186 valence electrons. The molecule has 3 atom stereocenters. The number of methoxy groups -OCH3 is 1. The van der Waals surface area contributed by atoms with Crippen LogP contribution >= 0.6 is 0 Å². The van der Waals surface area contributed by atoms with Crippen LogP contribution in [-0.4, -0.2) is 66.4 Å². The molecule has 8 nitrogen and oxygen atoms in total. The zero-order valence-electron chi connectivity index (χ0n) is 20.3. The van der Waals surface area contributed by atoms with Crippen molar-refractivity contribution in [1.82, 2.24) is 10.2 Å². The normalized spacial score (nSPS) is 19.8. The van der Waals surface area contributed by atoms with Gasteiger partial charge >= 0.3 is 12.1 Å². The van der Waals surface area contributed by atoms with Gasteiger partial charge in [-0.1, -0.05) is 62.4 Å². The number of ether oxygens (including phenoxy) is 2. The minimum absolute atomic E-state index is 0.0118. The molecule has 3 unspecified atom stereocenters. The van der Waals surface area contributed by atoms with E-state index in [9.17, 15) is 19.5 Å². The lowest BCUT2D eigenvalue weighted by Gasteiger charge is -2.27. The molecule has 0 radical (unpaired) electrons. The number of fused-ring (bicyclic) bond motifs is 3. The van der Waals surface area contributed by atoms with E-state index < -0.39 is 24.1 Å². The fraction of sp³-hybridized carbons (Fsp3) is 0.444. The molecule has 0 saturated carbocycles. The maximum atomic E-state index is 13.0. The van der Waals surface area contributed by atoms with Gasteiger partial charge in [-0.2, -0.15) is 0 Å². The Morgan fingerprint density at radius 3 is 2.20 bits per heavy atom. The number of hydrogen-bond donors (Lipinski definition) is 2. The van der Waals surface area contributed by atoms with Crippen molar-refractivity contribution in [2.45, 2.75) is 50.8 Å². The smallest absolute Gasteiger partial charge is 0.407 e. The zero-order chi connectivity index (χ0) is 25.1. The van der Waals surface area contributed by atoms with E-state index >= 15 is 0 Å². The van der Waals surface area contributed by atoms with Crippen molar-refractivity contribution < 1.29 is 29.0 Å². The van der Waals surface area contributed by atoms with Crippen molar-refractivity contribution in [1.29, 1.82) is 0 Å². The van der Waals surface area contributed by atoms with Crippen molar-refractivity contribution in [3.05, 3.63) is 59.7 Å². The van der Waals surface area contributed by atoms with Gasteiger partial charge in [-0.05, 0) is 28.2 Å². The first-order valence-electron chi connectivity index (χ1n) is 12.0. The van der Waals surface area contributed by atoms with Gasteiger partial charge in [0.1, 0.15) is 12.6 Å². The molecule has 1 aliphatic heterocycles. The quantitative estimate of drug-likeness (QED) is 0.598. The van der Waals surface area contributed by atoms with Gasteiger partial charge in [0.05, 0.1) is 6.10 Å². The number of alkyl carbamates (subject to hydrolysis) is 1. The molecule has 1 aliphatic carbocycles. The summed E-state index contributed by atoms with van der Waals surface area (Å²) in [5, 5.41) is 12.3. The minimum Gasteiger partial charge on any atom is -0.480 e. The molecule has 0 spiro atoms. The van der Waals surface area contributed by atoms with Crippen LogP contribution in [0.3, 0.4) is 0 Å². The number of likely N-dealkylation sites (tertiary alicyclic amines) is 1. The summed E-state index contributed by atoms with van der Waals surface area (Å²) >= 11 is 0. The number of rotatable bonds is 8. The third-order valence-electron chi connectivity index (χ3n) is 7.05. The molecule has 1 fully saturated rings. The van der Waals surface area contributed by atoms with Crippen LogP contribution in [0, 0.1) is 5.92 Å². The monoisotopic (exact) mass is 480 g/mol. The van der Waals surface area contributed by atoms with E-state index in [0.717, 1.165) is 22.3 Å². The average molecular weight is 481 g/mol. The third-order valence-corrected chi connectivity index (χ3v) is 7.05. The van der Waals surface area contributed by atoms with Gasteiger partial charge in [-0.25, -0.2) is 9.59 Å². The number of carboxylic acid groups (broad SMARTS) is 1. The Bertz CT molecular complexity index is 1060. The average Bonchev–Trinajstić information content (AvgIpc) is 3.42. The number of aliphatic carboxylic acids is 1. The Morgan fingerprint density at radius 2 is 1.66 bits per heavy atom. The zero-order valence-corrected chi connectivity index (χ0v) is 20.3. The fourth-order valence-electron chi connectivity index (χ4n) is 5.03. The first kappa shape index (κ1) is 24.7. The summed E-state index contributed by atoms with van der Waals surface area (Å²) in [5.41, 5.74) is 4.54. The molecule has 1 saturated heterocycles. The van der Waals surface area contributed by atoms with Crippen molar-refractivity contribution in [2.24, 2.45) is 5.92 Å². The van der Waals surface area contributed by atoms with Gasteiger partial charge in [0.15, 0.2) is 0 Å². The molecule has 2 aromatic carbocycles. The van der Waals surface area contributed by atoms with Crippen LogP contribution in [0.15, 0.2) is 48.5 Å². The van der Waals surface area contributed by atoms with E-state index in [-0.39, 0.29) is 49.8 Å². The van der Waals surface area contributed by atoms with Crippen molar-refractivity contribution in [3.63, 3.8) is 0 Å². The highest BCUT2D eigenvalue weighted by molar-refractivity contribution is 5.85. The maximum absolute atomic E-state index is 13.0. The largest absolute Gasteiger partial charge is 0.480 e. The van der Waals surface area contributed by atoms with Crippen molar-refractivity contribution in [2.75, 3.05) is 20.3 Å². The Hall–Kier alpha value is -3.39. The van der Waals surface area contributed by atoms with E-state index in [1.54, 1.807) is 0 Å². The molecule has 2 amide bonds. The predicted molar refractivity (Wildman–Crippen MR) is 130 cm³/mol. The van der Waals surface area contributed by atoms with Crippen LogP contribution < -0.4 is 5.32 Å². The first-order valence-corrected chi connectivity index (χ1v) is 12.0. The van der Waals surface area contributed by atoms with E-state index in [1.165, 1.54) is 12.0 Å². The Labute approximate surface area is 205 Å². The Kier molecular flexibility index (Phi) is 7.40. The number of hydrogen-bond acceptors (Lipinski definition) is 5. The van der Waals surface area contributed by atoms with Gasteiger partial charge < -0.3 is 24.8 Å². The first-order chi connectivity index (χ1) is 16.8. The summed E-state index contributed by atoms with van der Waals surface area (Å²) in [6, 6.07) is 14.8. The number of nitrogens with zero attached hydrogens (tertiary/aromatic N) is 1. The summed E-state index contributed by atoms with van der Waals surface area (Å²) in [6.07, 6.45) is -0.664. The second kappa shape index (κ2) is 10.5. The summed E-state index contributed by atoms with van der Waals surface area (Å²) in [6.45, 7) is 4.21. The number of amides is 2. The maximum Gasteiger partial charge on any atom is 0.407 e. The van der Waals surface area contributed by atoms with Gasteiger partial charge in [0.2, 0.25) is 5.91 Å². The molecule has 1 heterocycles. The van der Waals surface area contributed by atoms with Gasteiger partial charge in [0.25, 0.3) is 0 Å². The van der Waals surface area contributed by atoms with Crippen LogP contribution in [0.4, 0.5) is 4.79 Å². The lowest BCUT2D eigenvalue weighted by Crippen LogP contribution is -2.46. The van der Waals surface area contributed by atoms with Gasteiger partial charge in [-0.15, -0.1) is 0 Å². The number of benzene rings is 2. The minimum atomic E-state index is -1.05. The van der Waals surface area contributed by atoms with Crippen molar-refractivity contribution >= 4 is 18.0 Å². The van der Waals surface area contributed by atoms with E-state index in [2.05, 4.69) is 29.6 Å². The molecule has 2 aromatic rings. The summed E-state index contributed by atoms with van der Waals surface area (Å²) in [5.74, 6) is -1.49. The van der Waals surface area contributed by atoms with Gasteiger partial charge in [-0.3, -0.25) is 4.79 Å². The third kappa shape index (κ3) is 5.17. The Balaban J connectivity index is 1.38. The lowest BCUT2D eigenvalue weighted by molar-refractivity contribution is -0.148. The molecule has 8 heteroatoms. The summed E-state index contributed by atoms with van der Waals surface area (Å²) < 4.78 is 10.9. The molecule has 0 bridgehead atoms. The lowest BCUT2D eigenvalue weighted by atomic mass is 9.98. The van der Waals surface area contributed by atoms with Crippen molar-refractivity contribution in [3.8, 4) is 11.1 Å². The van der Waals surface area contributed by atoms with E-state index in [1.807, 2.05) is 38.1 Å². The number of carboxylic acids is 1. The molecular formula is C27H32N2O6. The Morgan fingerprint density at radius 1 is 1.06 bits per heavy atom. The van der Waals surface area contributed by atoms with E-state index in [4.69, 9.17) is 9.47 Å². The molecule has 2 aliphatic rings. The second-order valence-corrected chi connectivity index (χ2v) is 9.52. The SMILES string of the molecule is COC1CC(C(=O)O)N(C(=O)CC(NC(=O)OCC2c3ccccc3-c3ccccc32)C(C)C)C1. The topological polar surface area (TPSA) is 105 Å². The summed E-state index contributed by atoms with van der Waals surface area (Å²) in [7, 11) is 1.51. The van der Waals surface area contributed by atoms with Crippen LogP contribution in [0.2, 0.25) is 0 Å². The second-order valence-electron chi connectivity index (χ2n) is 9.52. The van der Waals surface area contributed by atoms with Crippen LogP contribution in [-0.2, 0) is 19.1 Å². The van der Waals surface area contributed by atoms with E-state index in [0.29, 0.717) is 0 Å². The highest BCUT2D eigenvalue weighted by atomic mass is 16.5. The van der Waals surface area contributed by atoms with Crippen LogP contribution in [0.1, 0.15) is 43.7 Å². The standard InChI is InChI=1S/C27H32N2O6/c1-16(2)23(13-25(30)29-14-17(34-3)12-24(29)26(31)32)28-27(33)35-15-22-20-10-6-4-8-18(20)19-9-5-7-11-21(19)22/h4-11,16-17,22-24H,12-15H2,1-3H3,(H,28,33)(H,31,32). The predicted octanol–water partition coefficient (Wildman–Crippen LogP) is 3.64. The number of carbonyl (C=O) groups is 3. The van der Waals surface area contributed by atoms with Gasteiger partial charge in [0, 0.05) is 38.5 Å². The number of carbonyl (C=O) groups excluding carboxylic acids is 2. The summed E-state index contributed by atoms with van der Waals surface area (Å²) in [4.78, 5) is 38.7. The molecule has 0 aromatic heterocycles. The molecule has 2 N–H and O–H groups in total. The van der Waals surface area contributed by atoms with Crippen LogP contribution in [0.5, 0.6) is 0 Å². The highest BCUT2D eigenvalue weighted by Gasteiger charge is 2.40. The van der Waals surface area contributed by atoms with Crippen LogP contribution in [0.25, 0.3) is 11.1 Å². The fourth-order valence-corrected chi connectivity index (χ4v) is 5.03. The molecular weight excluding hydrogens is 448 g/mol. The highest BCUT2D eigenvalue weighted by Crippen LogP contribution is 2.44. The molecule has 35 heavy (non-hydrogen) atoms. The molecule has 4 rings (SSSR count).